The maximum absolute atomic E-state index is 5.11. The topological polar surface area (TPSA) is 32.3 Å². The molecule has 0 bridgehead atoms. The van der Waals surface area contributed by atoms with Crippen LogP contribution in [-0.4, -0.2) is 41.0 Å². The van der Waals surface area contributed by atoms with E-state index < -0.39 is 0 Å². The number of anilines is 1. The van der Waals surface area contributed by atoms with Gasteiger partial charge in [0.1, 0.15) is 16.5 Å². The molecule has 1 aromatic carbocycles. The van der Waals surface area contributed by atoms with E-state index >= 15 is 0 Å². The Morgan fingerprint density at radius 2 is 1.76 bits per heavy atom. The average molecular weight is 407 g/mol. The molecule has 3 aromatic rings. The van der Waals surface area contributed by atoms with Crippen molar-refractivity contribution in [3.05, 3.63) is 52.2 Å². The Balaban J connectivity index is 1.41. The van der Waals surface area contributed by atoms with Gasteiger partial charge >= 0.3 is 0 Å². The smallest absolute Gasteiger partial charge is 0.141 e. The van der Waals surface area contributed by atoms with Gasteiger partial charge in [0.2, 0.25) is 0 Å². The minimum atomic E-state index is 0.972. The van der Waals surface area contributed by atoms with Crippen LogP contribution in [0.5, 0.6) is 0 Å². The van der Waals surface area contributed by atoms with Crippen molar-refractivity contribution in [1.82, 2.24) is 14.9 Å². The number of rotatable bonds is 5. The number of aromatic nitrogens is 2. The number of fused-ring (bicyclic) bond motifs is 3. The number of thiophene rings is 1. The monoisotopic (exact) mass is 406 g/mol. The van der Waals surface area contributed by atoms with Crippen molar-refractivity contribution in [2.24, 2.45) is 0 Å². The second-order valence-corrected chi connectivity index (χ2v) is 9.44. The molecular formula is C24H30N4S. The van der Waals surface area contributed by atoms with Gasteiger partial charge in [-0.2, -0.15) is 0 Å². The Kier molecular flexibility index (Phi) is 5.51. The van der Waals surface area contributed by atoms with Gasteiger partial charge in [-0.1, -0.05) is 37.3 Å². The van der Waals surface area contributed by atoms with E-state index in [4.69, 9.17) is 9.97 Å². The average Bonchev–Trinajstić information content (AvgIpc) is 3.13. The van der Waals surface area contributed by atoms with Crippen molar-refractivity contribution in [2.75, 3.05) is 31.1 Å². The number of hydrogen-bond acceptors (Lipinski definition) is 5. The first-order valence-corrected chi connectivity index (χ1v) is 12.0. The Morgan fingerprint density at radius 3 is 2.55 bits per heavy atom. The molecule has 2 aliphatic rings. The quantitative estimate of drug-likeness (QED) is 0.607. The van der Waals surface area contributed by atoms with Gasteiger partial charge in [-0.15, -0.1) is 11.3 Å². The molecule has 29 heavy (non-hydrogen) atoms. The minimum Gasteiger partial charge on any atom is -0.353 e. The van der Waals surface area contributed by atoms with Gasteiger partial charge < -0.3 is 4.90 Å². The van der Waals surface area contributed by atoms with Crippen LogP contribution in [0.1, 0.15) is 48.0 Å². The van der Waals surface area contributed by atoms with Gasteiger partial charge in [0.25, 0.3) is 0 Å². The van der Waals surface area contributed by atoms with Crippen molar-refractivity contribution in [1.29, 1.82) is 0 Å². The predicted octanol–water partition coefficient (Wildman–Crippen LogP) is 4.84. The van der Waals surface area contributed by atoms with E-state index in [0.717, 1.165) is 51.4 Å². The molecule has 0 radical (unpaired) electrons. The van der Waals surface area contributed by atoms with Crippen LogP contribution in [0.4, 0.5) is 5.82 Å². The highest BCUT2D eigenvalue weighted by Gasteiger charge is 2.26. The van der Waals surface area contributed by atoms with Crippen LogP contribution in [0.25, 0.3) is 10.2 Å². The molecule has 3 heterocycles. The largest absolute Gasteiger partial charge is 0.353 e. The lowest BCUT2D eigenvalue weighted by Gasteiger charge is -2.36. The van der Waals surface area contributed by atoms with Crippen LogP contribution in [0.15, 0.2) is 30.3 Å². The van der Waals surface area contributed by atoms with Gasteiger partial charge in [0.05, 0.1) is 5.39 Å². The lowest BCUT2D eigenvalue weighted by molar-refractivity contribution is 0.249. The highest BCUT2D eigenvalue weighted by atomic mass is 32.1. The number of hydrogen-bond donors (Lipinski definition) is 0. The maximum atomic E-state index is 5.11. The van der Waals surface area contributed by atoms with Crippen LogP contribution in [0.3, 0.4) is 0 Å². The first-order valence-electron chi connectivity index (χ1n) is 11.1. The molecule has 2 aromatic heterocycles. The van der Waals surface area contributed by atoms with Gasteiger partial charge in [0, 0.05) is 44.0 Å². The van der Waals surface area contributed by atoms with E-state index in [0.29, 0.717) is 0 Å². The summed E-state index contributed by atoms with van der Waals surface area (Å²) in [7, 11) is 0. The Morgan fingerprint density at radius 1 is 0.966 bits per heavy atom. The number of aryl methyl sites for hydroxylation is 3. The molecule has 5 heteroatoms. The molecule has 0 atom stereocenters. The third-order valence-electron chi connectivity index (χ3n) is 6.24. The van der Waals surface area contributed by atoms with Crippen LogP contribution >= 0.6 is 11.3 Å². The molecule has 5 rings (SSSR count). The Labute approximate surface area is 177 Å². The standard InChI is InChI=1S/C24H30N4S/c1-2-8-21-25-23(22-19-11-6-7-12-20(19)29-24(22)26-21)28-15-13-27(14-16-28)17-18-9-4-3-5-10-18/h3-5,9-10H,2,6-8,11-17H2,1H3. The summed E-state index contributed by atoms with van der Waals surface area (Å²) in [6, 6.07) is 10.8. The normalized spacial score (nSPS) is 17.6. The Hall–Kier alpha value is -1.98. The molecule has 0 saturated carbocycles. The summed E-state index contributed by atoms with van der Waals surface area (Å²) in [4.78, 5) is 18.0. The molecular weight excluding hydrogens is 376 g/mol. The van der Waals surface area contributed by atoms with E-state index in [1.165, 1.54) is 47.3 Å². The van der Waals surface area contributed by atoms with Crippen LogP contribution in [-0.2, 0) is 25.8 Å². The summed E-state index contributed by atoms with van der Waals surface area (Å²) in [5.74, 6) is 2.25. The second kappa shape index (κ2) is 8.41. The van der Waals surface area contributed by atoms with E-state index in [2.05, 4.69) is 47.1 Å². The second-order valence-electron chi connectivity index (χ2n) is 8.35. The fourth-order valence-corrected chi connectivity index (χ4v) is 5.98. The third-order valence-corrected chi connectivity index (χ3v) is 7.42. The molecule has 0 amide bonds. The molecule has 1 aliphatic carbocycles. The molecule has 1 aliphatic heterocycles. The number of nitrogens with zero attached hydrogens (tertiary/aromatic N) is 4. The van der Waals surface area contributed by atoms with Crippen LogP contribution in [0, 0.1) is 0 Å². The SMILES string of the molecule is CCCc1nc(N2CCN(Cc3ccccc3)CC2)c2c3c(sc2n1)CCCC3. The summed E-state index contributed by atoms with van der Waals surface area (Å²) in [6.45, 7) is 7.55. The third kappa shape index (κ3) is 3.90. The molecule has 4 nitrogen and oxygen atoms in total. The van der Waals surface area contributed by atoms with Crippen molar-refractivity contribution >= 4 is 27.4 Å². The highest BCUT2D eigenvalue weighted by Crippen LogP contribution is 2.40. The zero-order valence-electron chi connectivity index (χ0n) is 17.4. The van der Waals surface area contributed by atoms with E-state index in [1.807, 2.05) is 11.3 Å². The van der Waals surface area contributed by atoms with E-state index in [1.54, 1.807) is 10.4 Å². The fourth-order valence-electron chi connectivity index (χ4n) is 4.70. The van der Waals surface area contributed by atoms with Gasteiger partial charge in [-0.25, -0.2) is 9.97 Å². The van der Waals surface area contributed by atoms with Crippen LogP contribution < -0.4 is 4.90 Å². The van der Waals surface area contributed by atoms with Gasteiger partial charge in [-0.3, -0.25) is 4.90 Å². The molecule has 0 spiro atoms. The first kappa shape index (κ1) is 19.0. The Bertz CT molecular complexity index is 973. The summed E-state index contributed by atoms with van der Waals surface area (Å²) in [5.41, 5.74) is 2.96. The molecule has 1 fully saturated rings. The first-order chi connectivity index (χ1) is 14.3. The summed E-state index contributed by atoms with van der Waals surface area (Å²) in [6.07, 6.45) is 7.12. The zero-order valence-corrected chi connectivity index (χ0v) is 18.2. The van der Waals surface area contributed by atoms with Crippen molar-refractivity contribution in [2.45, 2.75) is 52.0 Å². The molecule has 1 saturated heterocycles. The number of piperazine rings is 1. The zero-order chi connectivity index (χ0) is 19.6. The van der Waals surface area contributed by atoms with Crippen LogP contribution in [0.2, 0.25) is 0 Å². The van der Waals surface area contributed by atoms with Crippen molar-refractivity contribution in [3.63, 3.8) is 0 Å². The fraction of sp³-hybridized carbons (Fsp3) is 0.500. The molecule has 0 unspecified atom stereocenters. The van der Waals surface area contributed by atoms with E-state index in [-0.39, 0.29) is 0 Å². The number of benzene rings is 1. The summed E-state index contributed by atoms with van der Waals surface area (Å²) >= 11 is 1.93. The molecule has 0 N–H and O–H groups in total. The van der Waals surface area contributed by atoms with Gasteiger partial charge in [0.15, 0.2) is 0 Å². The molecule has 152 valence electrons. The van der Waals surface area contributed by atoms with Crippen molar-refractivity contribution in [3.8, 4) is 0 Å². The van der Waals surface area contributed by atoms with Gasteiger partial charge in [-0.05, 0) is 43.2 Å². The summed E-state index contributed by atoms with van der Waals surface area (Å²) in [5, 5.41) is 1.38. The summed E-state index contributed by atoms with van der Waals surface area (Å²) < 4.78 is 0. The minimum absolute atomic E-state index is 0.972. The predicted molar refractivity (Wildman–Crippen MR) is 122 cm³/mol. The highest BCUT2D eigenvalue weighted by molar-refractivity contribution is 7.19. The van der Waals surface area contributed by atoms with E-state index in [9.17, 15) is 0 Å². The lowest BCUT2D eigenvalue weighted by Crippen LogP contribution is -2.46. The maximum Gasteiger partial charge on any atom is 0.141 e. The lowest BCUT2D eigenvalue weighted by atomic mass is 9.97. The van der Waals surface area contributed by atoms with Crippen molar-refractivity contribution < 1.29 is 0 Å².